The summed E-state index contributed by atoms with van der Waals surface area (Å²) >= 11 is 6.38. The average Bonchev–Trinajstić information content (AvgIpc) is 3.04. The van der Waals surface area contributed by atoms with Gasteiger partial charge in [-0.2, -0.15) is 4.36 Å². The minimum atomic E-state index is -1.94. The molecule has 7 heteroatoms. The minimum Gasteiger partial charge on any atom is -0.490 e. The largest absolute Gasteiger partial charge is 0.490 e. The zero-order chi connectivity index (χ0) is 26.7. The van der Waals surface area contributed by atoms with Crippen molar-refractivity contribution in [3.63, 3.8) is 0 Å². The Morgan fingerprint density at radius 2 is 2.03 bits per heavy atom. The highest BCUT2D eigenvalue weighted by Gasteiger charge is 2.41. The Morgan fingerprint density at radius 1 is 1.18 bits per heavy atom. The molecule has 0 saturated heterocycles. The number of thiol groups is 1. The number of rotatable bonds is 1. The number of hydrogen-bond donors (Lipinski definition) is 1. The van der Waals surface area contributed by atoms with Crippen molar-refractivity contribution in [2.75, 3.05) is 30.3 Å². The lowest BCUT2D eigenvalue weighted by molar-refractivity contribution is 0.100. The third-order valence-electron chi connectivity index (χ3n) is 8.51. The number of aryl methyl sites for hydroxylation is 1. The quantitative estimate of drug-likeness (QED) is 0.304. The molecule has 204 valence electrons. The maximum atomic E-state index is 13.1. The number of allylic oxidation sites excluding steroid dienone is 2. The van der Waals surface area contributed by atoms with Gasteiger partial charge in [0.2, 0.25) is 0 Å². The predicted octanol–water partition coefficient (Wildman–Crippen LogP) is 7.02. The van der Waals surface area contributed by atoms with E-state index in [1.807, 2.05) is 18.2 Å². The first kappa shape index (κ1) is 27.3. The van der Waals surface area contributed by atoms with Gasteiger partial charge < -0.3 is 9.64 Å². The molecule has 0 radical (unpaired) electrons. The number of nitrogens with zero attached hydrogens (tertiary/aromatic N) is 2. The lowest BCUT2D eigenvalue weighted by Gasteiger charge is -2.41. The molecule has 2 aromatic rings. The Kier molecular flexibility index (Phi) is 8.49. The summed E-state index contributed by atoms with van der Waals surface area (Å²) in [5.74, 6) is 1.61. The molecule has 2 aromatic carbocycles. The predicted molar refractivity (Wildman–Crippen MR) is 157 cm³/mol. The van der Waals surface area contributed by atoms with Gasteiger partial charge in [0.25, 0.3) is 5.91 Å². The highest BCUT2D eigenvalue weighted by molar-refractivity contribution is 7.75. The molecule has 2 heterocycles. The number of ether oxygens (including phenoxy) is 1. The fraction of sp³-hybridized carbons (Fsp3) is 0.516. The van der Waals surface area contributed by atoms with Crippen LogP contribution >= 0.6 is 11.6 Å². The van der Waals surface area contributed by atoms with E-state index in [4.69, 9.17) is 16.3 Å². The molecule has 2 bridgehead atoms. The van der Waals surface area contributed by atoms with Crippen molar-refractivity contribution < 1.29 is 13.7 Å². The van der Waals surface area contributed by atoms with Crippen LogP contribution in [-0.4, -0.2) is 35.6 Å². The smallest absolute Gasteiger partial charge is 0.284 e. The molecule has 4 atom stereocenters. The highest BCUT2D eigenvalue weighted by atomic mass is 35.5. The third kappa shape index (κ3) is 5.96. The van der Waals surface area contributed by atoms with Gasteiger partial charge >= 0.3 is 0 Å². The molecular formula is C31H39ClN2O3S. The third-order valence-corrected chi connectivity index (χ3v) is 10.1. The van der Waals surface area contributed by atoms with E-state index in [2.05, 4.69) is 47.4 Å². The van der Waals surface area contributed by atoms with Crippen molar-refractivity contribution in [3.05, 3.63) is 70.3 Å². The van der Waals surface area contributed by atoms with Crippen molar-refractivity contribution in [1.82, 2.24) is 0 Å². The van der Waals surface area contributed by atoms with Gasteiger partial charge in [0.15, 0.2) is 0 Å². The molecule has 3 aliphatic rings. The summed E-state index contributed by atoms with van der Waals surface area (Å²) in [6.45, 7) is 6.63. The van der Waals surface area contributed by atoms with Gasteiger partial charge in [-0.25, -0.2) is 0 Å². The minimum absolute atomic E-state index is 0.145. The first-order chi connectivity index (χ1) is 18.4. The van der Waals surface area contributed by atoms with Crippen molar-refractivity contribution in [2.45, 2.75) is 64.2 Å². The van der Waals surface area contributed by atoms with E-state index in [1.165, 1.54) is 11.1 Å². The Labute approximate surface area is 233 Å². The SMILES string of the molecule is CC[C@H]1C/C=C/C[C@H](C)C/[SH](=O)=N\C(=O)c2ccc3c(c2)N(CC1)C[C@@]1(CCCc2cc(Cl)ccc21)CO3. The molecule has 5 rings (SSSR count). The number of fused-ring (bicyclic) bond motifs is 3. The summed E-state index contributed by atoms with van der Waals surface area (Å²) in [5, 5.41) is 0.780. The lowest BCUT2D eigenvalue weighted by Crippen LogP contribution is -2.46. The zero-order valence-electron chi connectivity index (χ0n) is 22.5. The molecule has 1 spiro atoms. The van der Waals surface area contributed by atoms with Crippen molar-refractivity contribution >= 4 is 33.8 Å². The van der Waals surface area contributed by atoms with Gasteiger partial charge in [0.05, 0.1) is 12.3 Å². The van der Waals surface area contributed by atoms with Crippen molar-refractivity contribution in [1.29, 1.82) is 0 Å². The molecule has 1 aliphatic carbocycles. The van der Waals surface area contributed by atoms with Crippen LogP contribution in [0.3, 0.4) is 0 Å². The second-order valence-electron chi connectivity index (χ2n) is 11.4. The molecule has 0 fully saturated rings. The van der Waals surface area contributed by atoms with Crippen LogP contribution in [0, 0.1) is 11.8 Å². The van der Waals surface area contributed by atoms with E-state index in [-0.39, 0.29) is 11.3 Å². The molecule has 1 unspecified atom stereocenters. The molecule has 2 aliphatic heterocycles. The number of carbonyl (C=O) groups excluding carboxylic acids is 1. The maximum absolute atomic E-state index is 13.1. The fourth-order valence-electron chi connectivity index (χ4n) is 6.27. The van der Waals surface area contributed by atoms with Crippen molar-refractivity contribution in [3.8, 4) is 5.75 Å². The summed E-state index contributed by atoms with van der Waals surface area (Å²) < 4.78 is 23.3. The molecule has 0 N–H and O–H groups in total. The fourth-order valence-corrected chi connectivity index (χ4v) is 7.55. The molecule has 1 amide bonds. The number of carbonyl (C=O) groups is 1. The van der Waals surface area contributed by atoms with Gasteiger partial charge in [0, 0.05) is 45.4 Å². The van der Waals surface area contributed by atoms with E-state index in [0.717, 1.165) is 74.5 Å². The van der Waals surface area contributed by atoms with Crippen LogP contribution in [0.25, 0.3) is 0 Å². The first-order valence-electron chi connectivity index (χ1n) is 14.0. The van der Waals surface area contributed by atoms with Crippen LogP contribution in [0.1, 0.15) is 73.9 Å². The number of anilines is 1. The summed E-state index contributed by atoms with van der Waals surface area (Å²) in [6, 6.07) is 11.9. The normalized spacial score (nSPS) is 29.5. The lowest BCUT2D eigenvalue weighted by atomic mass is 9.70. The van der Waals surface area contributed by atoms with Crippen LogP contribution in [0.4, 0.5) is 5.69 Å². The maximum Gasteiger partial charge on any atom is 0.284 e. The van der Waals surface area contributed by atoms with Crippen LogP contribution in [-0.2, 0) is 22.4 Å². The van der Waals surface area contributed by atoms with E-state index >= 15 is 0 Å². The Balaban J connectivity index is 1.56. The molecule has 0 saturated carbocycles. The van der Waals surface area contributed by atoms with Gasteiger partial charge in [-0.15, -0.1) is 0 Å². The van der Waals surface area contributed by atoms with Gasteiger partial charge in [-0.05, 0) is 91.8 Å². The second kappa shape index (κ2) is 11.8. The molecule has 0 aromatic heterocycles. The van der Waals surface area contributed by atoms with E-state index in [1.54, 1.807) is 6.07 Å². The summed E-state index contributed by atoms with van der Waals surface area (Å²) in [7, 11) is -1.94. The second-order valence-corrected chi connectivity index (χ2v) is 13.1. The molecule has 5 nitrogen and oxygen atoms in total. The van der Waals surface area contributed by atoms with E-state index < -0.39 is 16.5 Å². The zero-order valence-corrected chi connectivity index (χ0v) is 24.1. The Morgan fingerprint density at radius 3 is 2.87 bits per heavy atom. The van der Waals surface area contributed by atoms with E-state index in [0.29, 0.717) is 23.8 Å². The number of hydrogen-bond acceptors (Lipinski definition) is 4. The van der Waals surface area contributed by atoms with Crippen molar-refractivity contribution in [2.24, 2.45) is 16.2 Å². The van der Waals surface area contributed by atoms with Gasteiger partial charge in [0.1, 0.15) is 5.75 Å². The summed E-state index contributed by atoms with van der Waals surface area (Å²) in [6.07, 6.45) is 11.8. The summed E-state index contributed by atoms with van der Waals surface area (Å²) in [4.78, 5) is 15.5. The molecular weight excluding hydrogens is 516 g/mol. The van der Waals surface area contributed by atoms with Crippen LogP contribution < -0.4 is 9.64 Å². The number of amides is 1. The molecule has 38 heavy (non-hydrogen) atoms. The monoisotopic (exact) mass is 554 g/mol. The van der Waals surface area contributed by atoms with Crippen LogP contribution in [0.15, 0.2) is 52.9 Å². The average molecular weight is 555 g/mol. The highest BCUT2D eigenvalue weighted by Crippen LogP contribution is 2.44. The summed E-state index contributed by atoms with van der Waals surface area (Å²) in [5.41, 5.74) is 3.91. The van der Waals surface area contributed by atoms with Crippen LogP contribution in [0.2, 0.25) is 5.02 Å². The standard InChI is InChI=1S/C31H39ClN2O3S/c1-3-23-8-5-4-7-22(2)19-38(36)33-30(35)25-10-13-29-28(18-25)34(16-14-23)20-31(21-37-29)15-6-9-24-17-26(32)11-12-27(24)31/h4-5,10-13,17-18,22-23,38H,3,6-9,14-16,19-21H2,1-2H3/b5-4+/t22-,23-,31-/m0/s1. The van der Waals surface area contributed by atoms with Crippen LogP contribution in [0.5, 0.6) is 5.75 Å². The number of halogens is 1. The Hall–Kier alpha value is -2.31. The first-order valence-corrected chi connectivity index (χ1v) is 15.8. The van der Waals surface area contributed by atoms with Gasteiger partial charge in [-0.3, -0.25) is 9.00 Å². The van der Waals surface area contributed by atoms with E-state index in [9.17, 15) is 9.00 Å². The Bertz CT molecular complexity index is 1300. The number of benzene rings is 2. The van der Waals surface area contributed by atoms with Gasteiger partial charge in [-0.1, -0.05) is 50.1 Å². The topological polar surface area (TPSA) is 59.0 Å².